The average Bonchev–Trinajstić information content (AvgIpc) is 3.01. The second-order valence-electron chi connectivity index (χ2n) is 5.33. The van der Waals surface area contributed by atoms with Crippen LogP contribution in [0.5, 0.6) is 0 Å². The lowest BCUT2D eigenvalue weighted by Gasteiger charge is -2.08. The summed E-state index contributed by atoms with van der Waals surface area (Å²) in [5.74, 6) is 1.16. The Morgan fingerprint density at radius 3 is 2.48 bits per heavy atom. The average molecular weight is 334 g/mol. The molecular weight excluding hydrogens is 320 g/mol. The zero-order valence-corrected chi connectivity index (χ0v) is 13.4. The lowest BCUT2D eigenvalue weighted by Crippen LogP contribution is -2.07. The number of rotatable bonds is 5. The second-order valence-corrected chi connectivity index (χ2v) is 5.33. The summed E-state index contributed by atoms with van der Waals surface area (Å²) in [6, 6.07) is 15.4. The smallest absolute Gasteiger partial charge is 0.269 e. The molecule has 0 bridgehead atoms. The number of nitrogens with one attached hydrogen (secondary N) is 1. The Morgan fingerprint density at radius 1 is 1.20 bits per heavy atom. The molecular formula is C17H14N6O2. The van der Waals surface area contributed by atoms with Crippen molar-refractivity contribution in [1.29, 1.82) is 5.26 Å². The van der Waals surface area contributed by atoms with Crippen molar-refractivity contribution in [2.45, 2.75) is 13.5 Å². The van der Waals surface area contributed by atoms with Gasteiger partial charge in [0.25, 0.3) is 5.69 Å². The predicted octanol–water partition coefficient (Wildman–Crippen LogP) is 2.97. The van der Waals surface area contributed by atoms with Crippen LogP contribution in [0.3, 0.4) is 0 Å². The normalized spacial score (nSPS) is 10.2. The van der Waals surface area contributed by atoms with Crippen molar-refractivity contribution < 1.29 is 4.92 Å². The Morgan fingerprint density at radius 2 is 1.88 bits per heavy atom. The van der Waals surface area contributed by atoms with Crippen LogP contribution >= 0.6 is 0 Å². The molecule has 1 N–H and O–H groups in total. The van der Waals surface area contributed by atoms with Crippen LogP contribution in [0, 0.1) is 28.4 Å². The van der Waals surface area contributed by atoms with Crippen LogP contribution in [-0.4, -0.2) is 19.7 Å². The molecule has 0 saturated carbocycles. The Hall–Kier alpha value is -3.73. The number of aromatic nitrogens is 3. The van der Waals surface area contributed by atoms with Gasteiger partial charge in [0.2, 0.25) is 5.95 Å². The predicted molar refractivity (Wildman–Crippen MR) is 91.2 cm³/mol. The van der Waals surface area contributed by atoms with Gasteiger partial charge in [0.05, 0.1) is 22.2 Å². The number of anilines is 1. The van der Waals surface area contributed by atoms with E-state index < -0.39 is 4.92 Å². The lowest BCUT2D eigenvalue weighted by atomic mass is 10.2. The molecule has 3 rings (SSSR count). The fourth-order valence-corrected chi connectivity index (χ4v) is 2.30. The summed E-state index contributed by atoms with van der Waals surface area (Å²) in [6.45, 7) is 2.24. The number of nitriles is 1. The van der Waals surface area contributed by atoms with Crippen LogP contribution in [0.1, 0.15) is 17.0 Å². The molecule has 25 heavy (non-hydrogen) atoms. The van der Waals surface area contributed by atoms with Gasteiger partial charge in [0.15, 0.2) is 0 Å². The summed E-state index contributed by atoms with van der Waals surface area (Å²) in [7, 11) is 0. The molecule has 0 radical (unpaired) electrons. The van der Waals surface area contributed by atoms with E-state index in [0.29, 0.717) is 23.9 Å². The minimum atomic E-state index is -0.428. The van der Waals surface area contributed by atoms with Gasteiger partial charge in [0, 0.05) is 18.7 Å². The van der Waals surface area contributed by atoms with E-state index in [-0.39, 0.29) is 5.69 Å². The molecule has 0 aliphatic carbocycles. The Bertz CT molecular complexity index is 939. The van der Waals surface area contributed by atoms with E-state index in [4.69, 9.17) is 5.26 Å². The third-order valence-electron chi connectivity index (χ3n) is 3.55. The summed E-state index contributed by atoms with van der Waals surface area (Å²) < 4.78 is 1.65. The van der Waals surface area contributed by atoms with Crippen LogP contribution in [-0.2, 0) is 6.54 Å². The van der Waals surface area contributed by atoms with Gasteiger partial charge in [-0.25, -0.2) is 0 Å². The lowest BCUT2D eigenvalue weighted by molar-refractivity contribution is -0.384. The first-order valence-electron chi connectivity index (χ1n) is 7.48. The molecule has 0 spiro atoms. The monoisotopic (exact) mass is 334 g/mol. The van der Waals surface area contributed by atoms with E-state index in [1.807, 2.05) is 0 Å². The molecule has 0 fully saturated rings. The van der Waals surface area contributed by atoms with Crippen LogP contribution in [0.2, 0.25) is 0 Å². The summed E-state index contributed by atoms with van der Waals surface area (Å²) in [6.07, 6.45) is 0. The number of hydrogen-bond acceptors (Lipinski definition) is 6. The van der Waals surface area contributed by atoms with Gasteiger partial charge in [-0.05, 0) is 36.8 Å². The van der Waals surface area contributed by atoms with Crippen LogP contribution in [0.15, 0.2) is 48.5 Å². The van der Waals surface area contributed by atoms with Crippen molar-refractivity contribution in [3.63, 3.8) is 0 Å². The minimum Gasteiger partial charge on any atom is -0.350 e. The molecule has 1 aromatic heterocycles. The van der Waals surface area contributed by atoms with Gasteiger partial charge in [-0.15, -0.1) is 5.10 Å². The highest BCUT2D eigenvalue weighted by atomic mass is 16.6. The molecule has 124 valence electrons. The van der Waals surface area contributed by atoms with Crippen molar-refractivity contribution in [3.05, 3.63) is 75.6 Å². The Kier molecular flexibility index (Phi) is 4.39. The topological polar surface area (TPSA) is 110 Å². The number of benzene rings is 2. The van der Waals surface area contributed by atoms with E-state index in [2.05, 4.69) is 21.5 Å². The zero-order chi connectivity index (χ0) is 17.8. The number of nitrogens with zero attached hydrogens (tertiary/aromatic N) is 5. The van der Waals surface area contributed by atoms with Crippen molar-refractivity contribution >= 4 is 11.6 Å². The summed E-state index contributed by atoms with van der Waals surface area (Å²) in [5, 5.41) is 27.1. The molecule has 0 aliphatic rings. The first kappa shape index (κ1) is 16.1. The van der Waals surface area contributed by atoms with Gasteiger partial charge in [-0.2, -0.15) is 14.9 Å². The van der Waals surface area contributed by atoms with E-state index >= 15 is 0 Å². The summed E-state index contributed by atoms with van der Waals surface area (Å²) in [5.41, 5.74) is 2.30. The first-order chi connectivity index (χ1) is 12.1. The van der Waals surface area contributed by atoms with Crippen molar-refractivity contribution in [2.75, 3.05) is 5.32 Å². The SMILES string of the molecule is Cc1nc(NCc2ccc([N+](=O)[O-])cc2)n(-c2ccc(C#N)cc2)n1. The number of aryl methyl sites for hydroxylation is 1. The molecule has 0 atom stereocenters. The summed E-state index contributed by atoms with van der Waals surface area (Å²) in [4.78, 5) is 14.6. The van der Waals surface area contributed by atoms with E-state index in [1.54, 1.807) is 48.0 Å². The molecule has 0 unspecified atom stereocenters. The standard InChI is InChI=1S/C17H14N6O2/c1-12-20-17(19-11-14-4-8-16(9-5-14)23(24)25)22(21-12)15-6-2-13(10-18)3-7-15/h2-9H,11H2,1H3,(H,19,20,21). The number of hydrogen-bond donors (Lipinski definition) is 1. The van der Waals surface area contributed by atoms with Crippen LogP contribution < -0.4 is 5.32 Å². The van der Waals surface area contributed by atoms with E-state index in [1.165, 1.54) is 12.1 Å². The highest BCUT2D eigenvalue weighted by molar-refractivity contribution is 5.44. The van der Waals surface area contributed by atoms with E-state index in [9.17, 15) is 10.1 Å². The molecule has 0 saturated heterocycles. The number of nitro groups is 1. The largest absolute Gasteiger partial charge is 0.350 e. The van der Waals surface area contributed by atoms with Crippen molar-refractivity contribution in [1.82, 2.24) is 14.8 Å². The summed E-state index contributed by atoms with van der Waals surface area (Å²) >= 11 is 0. The fraction of sp³-hybridized carbons (Fsp3) is 0.118. The maximum atomic E-state index is 10.7. The minimum absolute atomic E-state index is 0.0559. The van der Waals surface area contributed by atoms with Gasteiger partial charge >= 0.3 is 0 Å². The quantitative estimate of drug-likeness (QED) is 0.567. The molecule has 2 aromatic carbocycles. The third kappa shape index (κ3) is 3.61. The van der Waals surface area contributed by atoms with Gasteiger partial charge in [-0.3, -0.25) is 10.1 Å². The highest BCUT2D eigenvalue weighted by Gasteiger charge is 2.10. The molecule has 1 heterocycles. The Labute approximate surface area is 143 Å². The molecule has 8 nitrogen and oxygen atoms in total. The Balaban J connectivity index is 1.78. The van der Waals surface area contributed by atoms with Gasteiger partial charge < -0.3 is 5.32 Å². The molecule has 0 aliphatic heterocycles. The first-order valence-corrected chi connectivity index (χ1v) is 7.48. The van der Waals surface area contributed by atoms with Crippen LogP contribution in [0.4, 0.5) is 11.6 Å². The van der Waals surface area contributed by atoms with Gasteiger partial charge in [-0.1, -0.05) is 12.1 Å². The zero-order valence-electron chi connectivity index (χ0n) is 13.4. The molecule has 3 aromatic rings. The van der Waals surface area contributed by atoms with E-state index in [0.717, 1.165) is 11.3 Å². The highest BCUT2D eigenvalue weighted by Crippen LogP contribution is 2.17. The van der Waals surface area contributed by atoms with Crippen LogP contribution in [0.25, 0.3) is 5.69 Å². The maximum absolute atomic E-state index is 10.7. The van der Waals surface area contributed by atoms with Crippen molar-refractivity contribution in [3.8, 4) is 11.8 Å². The molecule has 8 heteroatoms. The fourth-order valence-electron chi connectivity index (χ4n) is 2.30. The molecule has 0 amide bonds. The number of non-ortho nitro benzene ring substituents is 1. The van der Waals surface area contributed by atoms with Gasteiger partial charge in [0.1, 0.15) is 5.82 Å². The maximum Gasteiger partial charge on any atom is 0.269 e. The number of nitro benzene ring substituents is 1. The van der Waals surface area contributed by atoms with Crippen molar-refractivity contribution in [2.24, 2.45) is 0 Å². The third-order valence-corrected chi connectivity index (χ3v) is 3.55. The second kappa shape index (κ2) is 6.80.